The van der Waals surface area contributed by atoms with E-state index in [0.29, 0.717) is 18.6 Å². The second-order valence-corrected chi connectivity index (χ2v) is 4.22. The van der Waals surface area contributed by atoms with Crippen molar-refractivity contribution in [3.8, 4) is 0 Å². The summed E-state index contributed by atoms with van der Waals surface area (Å²) in [6.45, 7) is 1.86. The van der Waals surface area contributed by atoms with E-state index >= 15 is 0 Å². The van der Waals surface area contributed by atoms with Crippen molar-refractivity contribution >= 4 is 17.6 Å². The van der Waals surface area contributed by atoms with Gasteiger partial charge in [0.1, 0.15) is 0 Å². The van der Waals surface area contributed by atoms with Crippen LogP contribution in [0, 0.1) is 0 Å². The molecule has 0 aromatic heterocycles. The van der Waals surface area contributed by atoms with Gasteiger partial charge in [0.05, 0.1) is 16.8 Å². The van der Waals surface area contributed by atoms with Crippen molar-refractivity contribution in [2.45, 2.75) is 32.4 Å². The molecule has 7 heteroatoms. The number of hydrogen-bond acceptors (Lipinski definition) is 2. The highest BCUT2D eigenvalue weighted by Gasteiger charge is 2.31. The first kappa shape index (κ1) is 16.0. The van der Waals surface area contributed by atoms with E-state index in [4.69, 9.17) is 5.11 Å². The van der Waals surface area contributed by atoms with Gasteiger partial charge in [0, 0.05) is 6.42 Å². The van der Waals surface area contributed by atoms with Gasteiger partial charge in [-0.05, 0) is 24.6 Å². The van der Waals surface area contributed by atoms with Gasteiger partial charge >= 0.3 is 12.1 Å². The minimum absolute atomic E-state index is 0.131. The predicted molar refractivity (Wildman–Crippen MR) is 66.6 cm³/mol. The van der Waals surface area contributed by atoms with Crippen LogP contribution in [0.15, 0.2) is 18.2 Å². The molecule has 0 aliphatic heterocycles. The third-order valence-corrected chi connectivity index (χ3v) is 2.61. The number of nitrogens with one attached hydrogen (secondary N) is 1. The largest absolute Gasteiger partial charge is 0.478 e. The highest BCUT2D eigenvalue weighted by atomic mass is 19.4. The first-order valence-corrected chi connectivity index (χ1v) is 6.00. The van der Waals surface area contributed by atoms with Gasteiger partial charge in [-0.1, -0.05) is 13.3 Å². The molecule has 0 fully saturated rings. The minimum atomic E-state index is -4.60. The number of carboxylic acid groups (broad SMARTS) is 1. The van der Waals surface area contributed by atoms with Crippen molar-refractivity contribution in [3.63, 3.8) is 0 Å². The summed E-state index contributed by atoms with van der Waals surface area (Å²) in [6.07, 6.45) is -3.14. The summed E-state index contributed by atoms with van der Waals surface area (Å²) < 4.78 is 37.7. The van der Waals surface area contributed by atoms with Crippen LogP contribution in [0.25, 0.3) is 0 Å². The Morgan fingerprint density at radius 2 is 1.95 bits per heavy atom. The zero-order valence-electron chi connectivity index (χ0n) is 10.8. The number of rotatable bonds is 5. The molecule has 4 nitrogen and oxygen atoms in total. The number of benzene rings is 1. The lowest BCUT2D eigenvalue weighted by molar-refractivity contribution is -0.137. The minimum Gasteiger partial charge on any atom is -0.478 e. The molecule has 0 bridgehead atoms. The average Bonchev–Trinajstić information content (AvgIpc) is 2.34. The van der Waals surface area contributed by atoms with Gasteiger partial charge in [-0.15, -0.1) is 0 Å². The molecule has 20 heavy (non-hydrogen) atoms. The molecule has 0 aliphatic rings. The summed E-state index contributed by atoms with van der Waals surface area (Å²) in [5.41, 5.74) is -1.72. The first-order valence-electron chi connectivity index (χ1n) is 6.00. The molecule has 0 unspecified atom stereocenters. The number of carbonyl (C=O) groups is 2. The summed E-state index contributed by atoms with van der Waals surface area (Å²) in [7, 11) is 0. The fourth-order valence-electron chi connectivity index (χ4n) is 1.56. The van der Waals surface area contributed by atoms with Gasteiger partial charge in [0.15, 0.2) is 0 Å². The number of anilines is 1. The lowest BCUT2D eigenvalue weighted by Gasteiger charge is -2.12. The Kier molecular flexibility index (Phi) is 5.12. The van der Waals surface area contributed by atoms with Crippen LogP contribution in [0.2, 0.25) is 0 Å². The summed E-state index contributed by atoms with van der Waals surface area (Å²) in [5, 5.41) is 11.1. The Balaban J connectivity index is 3.06. The maximum atomic E-state index is 12.6. The van der Waals surface area contributed by atoms with E-state index in [1.807, 2.05) is 6.92 Å². The van der Waals surface area contributed by atoms with E-state index in [-0.39, 0.29) is 17.7 Å². The van der Waals surface area contributed by atoms with Gasteiger partial charge < -0.3 is 10.4 Å². The van der Waals surface area contributed by atoms with Crippen LogP contribution in [0.5, 0.6) is 0 Å². The summed E-state index contributed by atoms with van der Waals surface area (Å²) >= 11 is 0. The normalized spacial score (nSPS) is 11.2. The van der Waals surface area contributed by atoms with Crippen molar-refractivity contribution < 1.29 is 27.9 Å². The lowest BCUT2D eigenvalue weighted by Crippen LogP contribution is -2.16. The number of carboxylic acids is 1. The van der Waals surface area contributed by atoms with E-state index in [1.54, 1.807) is 0 Å². The van der Waals surface area contributed by atoms with E-state index in [9.17, 15) is 22.8 Å². The number of carbonyl (C=O) groups excluding carboxylic acids is 1. The zero-order chi connectivity index (χ0) is 15.3. The molecular weight excluding hydrogens is 275 g/mol. The van der Waals surface area contributed by atoms with Crippen molar-refractivity contribution in [1.29, 1.82) is 0 Å². The van der Waals surface area contributed by atoms with Crippen LogP contribution in [0.3, 0.4) is 0 Å². The molecule has 0 saturated heterocycles. The molecule has 1 aromatic carbocycles. The van der Waals surface area contributed by atoms with Crippen molar-refractivity contribution in [1.82, 2.24) is 0 Å². The van der Waals surface area contributed by atoms with E-state index < -0.39 is 23.6 Å². The number of aromatic carboxylic acids is 1. The molecule has 0 radical (unpaired) electrons. The number of alkyl halides is 3. The van der Waals surface area contributed by atoms with Crippen LogP contribution < -0.4 is 5.32 Å². The van der Waals surface area contributed by atoms with Crippen LogP contribution in [0.4, 0.5) is 18.9 Å². The SMILES string of the molecule is CCCCC(=O)Nc1cc(C(F)(F)F)ccc1C(=O)O. The van der Waals surface area contributed by atoms with Crippen LogP contribution >= 0.6 is 0 Å². The second-order valence-electron chi connectivity index (χ2n) is 4.22. The molecule has 0 spiro atoms. The molecule has 0 atom stereocenters. The molecule has 110 valence electrons. The van der Waals surface area contributed by atoms with E-state index in [2.05, 4.69) is 5.32 Å². The van der Waals surface area contributed by atoms with Crippen LogP contribution in [-0.2, 0) is 11.0 Å². The molecule has 0 aliphatic carbocycles. The number of unbranched alkanes of at least 4 members (excludes halogenated alkanes) is 1. The third-order valence-electron chi connectivity index (χ3n) is 2.61. The number of amides is 1. The van der Waals surface area contributed by atoms with Crippen molar-refractivity contribution in [3.05, 3.63) is 29.3 Å². The van der Waals surface area contributed by atoms with Crippen LogP contribution in [0.1, 0.15) is 42.1 Å². The van der Waals surface area contributed by atoms with Gasteiger partial charge in [-0.3, -0.25) is 4.79 Å². The average molecular weight is 289 g/mol. The van der Waals surface area contributed by atoms with Gasteiger partial charge in [0.25, 0.3) is 0 Å². The second kappa shape index (κ2) is 6.40. The fraction of sp³-hybridized carbons (Fsp3) is 0.385. The maximum Gasteiger partial charge on any atom is 0.416 e. The van der Waals surface area contributed by atoms with Crippen LogP contribution in [-0.4, -0.2) is 17.0 Å². The summed E-state index contributed by atoms with van der Waals surface area (Å²) in [4.78, 5) is 22.5. The highest BCUT2D eigenvalue weighted by Crippen LogP contribution is 2.32. The third kappa shape index (κ3) is 4.25. The van der Waals surface area contributed by atoms with E-state index in [0.717, 1.165) is 12.5 Å². The topological polar surface area (TPSA) is 66.4 Å². The molecule has 1 rings (SSSR count). The Morgan fingerprint density at radius 1 is 1.30 bits per heavy atom. The van der Waals surface area contributed by atoms with Crippen molar-refractivity contribution in [2.24, 2.45) is 0 Å². The quantitative estimate of drug-likeness (QED) is 0.871. The monoisotopic (exact) mass is 289 g/mol. The van der Waals surface area contributed by atoms with E-state index in [1.165, 1.54) is 0 Å². The standard InChI is InChI=1S/C13H14F3NO3/c1-2-3-4-11(18)17-10-7-8(13(14,15)16)5-6-9(10)12(19)20/h5-7H,2-4H2,1H3,(H,17,18)(H,19,20). The molecule has 0 heterocycles. The molecular formula is C13H14F3NO3. The highest BCUT2D eigenvalue weighted by molar-refractivity contribution is 6.00. The smallest absolute Gasteiger partial charge is 0.416 e. The predicted octanol–water partition coefficient (Wildman–Crippen LogP) is 3.53. The number of halogens is 3. The summed E-state index contributed by atoms with van der Waals surface area (Å²) in [5.74, 6) is -1.90. The molecule has 0 saturated carbocycles. The molecule has 2 N–H and O–H groups in total. The van der Waals surface area contributed by atoms with Gasteiger partial charge in [-0.2, -0.15) is 13.2 Å². The Labute approximate surface area is 113 Å². The lowest BCUT2D eigenvalue weighted by atomic mass is 10.1. The zero-order valence-corrected chi connectivity index (χ0v) is 10.8. The summed E-state index contributed by atoms with van der Waals surface area (Å²) in [6, 6.07) is 2.14. The number of hydrogen-bond donors (Lipinski definition) is 2. The van der Waals surface area contributed by atoms with Gasteiger partial charge in [0.2, 0.25) is 5.91 Å². The fourth-order valence-corrected chi connectivity index (χ4v) is 1.56. The van der Waals surface area contributed by atoms with Gasteiger partial charge in [-0.25, -0.2) is 4.79 Å². The molecule has 1 amide bonds. The Morgan fingerprint density at radius 3 is 2.45 bits per heavy atom. The Bertz CT molecular complexity index is 512. The first-order chi connectivity index (χ1) is 9.25. The Hall–Kier alpha value is -2.05. The maximum absolute atomic E-state index is 12.6. The molecule has 1 aromatic rings. The van der Waals surface area contributed by atoms with Crippen molar-refractivity contribution in [2.75, 3.05) is 5.32 Å².